The molecule has 1 atom stereocenters. The van der Waals surface area contributed by atoms with Crippen LogP contribution in [0.5, 0.6) is 5.75 Å². The molecule has 43 heavy (non-hydrogen) atoms. The van der Waals surface area contributed by atoms with Crippen molar-refractivity contribution < 1.29 is 19.1 Å². The van der Waals surface area contributed by atoms with Crippen molar-refractivity contribution >= 4 is 46.1 Å². The maximum absolute atomic E-state index is 13.1. The molecular formula is C35H47ClN2O4S. The Labute approximate surface area is 266 Å². The first-order chi connectivity index (χ1) is 20.2. The van der Waals surface area contributed by atoms with Crippen LogP contribution in [0.3, 0.4) is 0 Å². The molecular weight excluding hydrogens is 580 g/mol. The molecule has 3 aromatic rings. The molecule has 0 radical (unpaired) electrons. The second kappa shape index (κ2) is 13.6. The van der Waals surface area contributed by atoms with Crippen LogP contribution >= 0.6 is 23.4 Å². The van der Waals surface area contributed by atoms with E-state index in [0.29, 0.717) is 31.2 Å². The quantitative estimate of drug-likeness (QED) is 0.158. The van der Waals surface area contributed by atoms with E-state index in [4.69, 9.17) is 21.1 Å². The fourth-order valence-corrected chi connectivity index (χ4v) is 6.95. The Morgan fingerprint density at radius 2 is 1.77 bits per heavy atom. The summed E-state index contributed by atoms with van der Waals surface area (Å²) in [5.41, 5.74) is 2.59. The van der Waals surface area contributed by atoms with E-state index in [-0.39, 0.29) is 28.6 Å². The standard InChI is InChI=1S/C35H47ClN2O4S/c1-9-41-33(40)35(7,8)20-30-31(43-34(4,5)6)28-19-27(42-22-26-11-10-18-37(26)32(39)23(2)3)16-17-29(28)38(30)21-24-12-14-25(36)15-13-24/h12-17,19,23,26H,9-11,18,20-22H2,1-8H3/t26-/m0/s1. The smallest absolute Gasteiger partial charge is 0.311 e. The topological polar surface area (TPSA) is 60.8 Å². The summed E-state index contributed by atoms with van der Waals surface area (Å²) in [6.45, 7) is 18.6. The number of fused-ring (bicyclic) bond motifs is 1. The molecule has 234 valence electrons. The zero-order chi connectivity index (χ0) is 31.5. The van der Waals surface area contributed by atoms with E-state index in [1.165, 1.54) is 0 Å². The van der Waals surface area contributed by atoms with Crippen LogP contribution in [-0.4, -0.2) is 51.9 Å². The molecule has 1 saturated heterocycles. The van der Waals surface area contributed by atoms with E-state index in [1.807, 2.05) is 81.6 Å². The molecule has 1 fully saturated rings. The summed E-state index contributed by atoms with van der Waals surface area (Å²) < 4.78 is 14.1. The van der Waals surface area contributed by atoms with E-state index >= 15 is 0 Å². The van der Waals surface area contributed by atoms with Crippen LogP contribution in [0, 0.1) is 11.3 Å². The lowest BCUT2D eigenvalue weighted by molar-refractivity contribution is -0.153. The molecule has 2 heterocycles. The van der Waals surface area contributed by atoms with Crippen LogP contribution in [0.25, 0.3) is 10.9 Å². The van der Waals surface area contributed by atoms with Crippen molar-refractivity contribution in [2.45, 2.75) is 96.9 Å². The summed E-state index contributed by atoms with van der Waals surface area (Å²) in [4.78, 5) is 29.0. The average Bonchev–Trinajstić information content (AvgIpc) is 3.50. The van der Waals surface area contributed by atoms with Crippen LogP contribution < -0.4 is 4.74 Å². The van der Waals surface area contributed by atoms with Gasteiger partial charge in [0, 0.05) is 56.7 Å². The van der Waals surface area contributed by atoms with Crippen LogP contribution in [0.1, 0.15) is 79.5 Å². The second-order valence-electron chi connectivity index (χ2n) is 13.5. The van der Waals surface area contributed by atoms with Gasteiger partial charge in [-0.25, -0.2) is 0 Å². The van der Waals surface area contributed by atoms with Gasteiger partial charge in [0.2, 0.25) is 5.91 Å². The Balaban J connectivity index is 1.78. The SMILES string of the molecule is CCOC(=O)C(C)(C)Cc1c(SC(C)(C)C)c2cc(OC[C@@H]3CCCN3C(=O)C(C)C)ccc2n1Cc1ccc(Cl)cc1. The van der Waals surface area contributed by atoms with E-state index in [2.05, 4.69) is 37.5 Å². The Bertz CT molecular complexity index is 1440. The number of amides is 1. The number of hydrogen-bond acceptors (Lipinski definition) is 5. The average molecular weight is 627 g/mol. The Hall–Kier alpha value is -2.64. The van der Waals surface area contributed by atoms with Crippen molar-refractivity contribution in [2.24, 2.45) is 11.3 Å². The summed E-state index contributed by atoms with van der Waals surface area (Å²) in [5.74, 6) is 0.753. The molecule has 1 aliphatic rings. The van der Waals surface area contributed by atoms with Crippen molar-refractivity contribution in [3.05, 3.63) is 58.7 Å². The van der Waals surface area contributed by atoms with Gasteiger partial charge in [-0.05, 0) is 69.5 Å². The van der Waals surface area contributed by atoms with Gasteiger partial charge < -0.3 is 18.9 Å². The number of benzene rings is 2. The molecule has 0 saturated carbocycles. The van der Waals surface area contributed by atoms with Crippen molar-refractivity contribution in [1.82, 2.24) is 9.47 Å². The number of ether oxygens (including phenoxy) is 2. The van der Waals surface area contributed by atoms with Gasteiger partial charge in [-0.3, -0.25) is 9.59 Å². The van der Waals surface area contributed by atoms with Gasteiger partial charge in [0.1, 0.15) is 12.4 Å². The zero-order valence-electron chi connectivity index (χ0n) is 27.0. The van der Waals surface area contributed by atoms with Gasteiger partial charge in [0.15, 0.2) is 0 Å². The molecule has 4 rings (SSSR count). The first-order valence-electron chi connectivity index (χ1n) is 15.4. The highest BCUT2D eigenvalue weighted by molar-refractivity contribution is 8.00. The van der Waals surface area contributed by atoms with Gasteiger partial charge in [0.05, 0.1) is 18.1 Å². The highest BCUT2D eigenvalue weighted by Gasteiger charge is 2.34. The van der Waals surface area contributed by atoms with Crippen LogP contribution in [0.2, 0.25) is 5.02 Å². The molecule has 0 unspecified atom stereocenters. The van der Waals surface area contributed by atoms with Crippen molar-refractivity contribution in [3.8, 4) is 5.75 Å². The molecule has 0 spiro atoms. The number of aromatic nitrogens is 1. The fourth-order valence-electron chi connectivity index (χ4n) is 5.63. The van der Waals surface area contributed by atoms with Gasteiger partial charge >= 0.3 is 5.97 Å². The van der Waals surface area contributed by atoms with Crippen LogP contribution in [-0.2, 0) is 27.3 Å². The molecule has 0 bridgehead atoms. The summed E-state index contributed by atoms with van der Waals surface area (Å²) in [5, 5.41) is 1.80. The molecule has 2 aromatic carbocycles. The van der Waals surface area contributed by atoms with Gasteiger partial charge in [-0.15, -0.1) is 11.8 Å². The number of nitrogens with zero attached hydrogens (tertiary/aromatic N) is 2. The fraction of sp³-hybridized carbons (Fsp3) is 0.543. The Morgan fingerprint density at radius 1 is 1.07 bits per heavy atom. The minimum Gasteiger partial charge on any atom is -0.491 e. The van der Waals surface area contributed by atoms with Crippen molar-refractivity contribution in [2.75, 3.05) is 19.8 Å². The third kappa shape index (κ3) is 8.10. The number of carbonyl (C=O) groups is 2. The predicted molar refractivity (Wildman–Crippen MR) is 177 cm³/mol. The van der Waals surface area contributed by atoms with Crippen molar-refractivity contribution in [3.63, 3.8) is 0 Å². The Kier molecular flexibility index (Phi) is 10.5. The number of hydrogen-bond donors (Lipinski definition) is 0. The number of likely N-dealkylation sites (tertiary alicyclic amines) is 1. The van der Waals surface area contributed by atoms with E-state index in [9.17, 15) is 9.59 Å². The molecule has 6 nitrogen and oxygen atoms in total. The predicted octanol–water partition coefficient (Wildman–Crippen LogP) is 8.39. The van der Waals surface area contributed by atoms with Crippen molar-refractivity contribution in [1.29, 1.82) is 0 Å². The summed E-state index contributed by atoms with van der Waals surface area (Å²) in [7, 11) is 0. The van der Waals surface area contributed by atoms with E-state index < -0.39 is 5.41 Å². The van der Waals surface area contributed by atoms with Gasteiger partial charge in [0.25, 0.3) is 0 Å². The minimum atomic E-state index is -0.719. The lowest BCUT2D eigenvalue weighted by Crippen LogP contribution is -2.41. The normalized spacial score (nSPS) is 15.9. The molecule has 8 heteroatoms. The number of esters is 1. The van der Waals surface area contributed by atoms with Crippen LogP contribution in [0.15, 0.2) is 47.4 Å². The summed E-state index contributed by atoms with van der Waals surface area (Å²) in [6, 6.07) is 14.3. The minimum absolute atomic E-state index is 0.0217. The lowest BCUT2D eigenvalue weighted by atomic mass is 9.87. The highest BCUT2D eigenvalue weighted by Crippen LogP contribution is 2.44. The van der Waals surface area contributed by atoms with E-state index in [1.54, 1.807) is 0 Å². The lowest BCUT2D eigenvalue weighted by Gasteiger charge is -2.26. The number of carbonyl (C=O) groups excluding carboxylic acids is 2. The first kappa shape index (κ1) is 33.3. The summed E-state index contributed by atoms with van der Waals surface area (Å²) >= 11 is 8.02. The number of thioether (sulfide) groups is 1. The largest absolute Gasteiger partial charge is 0.491 e. The molecule has 1 aromatic heterocycles. The molecule has 1 aliphatic heterocycles. The Morgan fingerprint density at radius 3 is 2.40 bits per heavy atom. The highest BCUT2D eigenvalue weighted by atomic mass is 35.5. The van der Waals surface area contributed by atoms with Crippen LogP contribution in [0.4, 0.5) is 0 Å². The molecule has 0 N–H and O–H groups in total. The zero-order valence-corrected chi connectivity index (χ0v) is 28.5. The third-order valence-corrected chi connectivity index (χ3v) is 9.31. The second-order valence-corrected chi connectivity index (χ2v) is 15.7. The monoisotopic (exact) mass is 626 g/mol. The van der Waals surface area contributed by atoms with Gasteiger partial charge in [-0.2, -0.15) is 0 Å². The third-order valence-electron chi connectivity index (χ3n) is 7.79. The number of rotatable bonds is 11. The summed E-state index contributed by atoms with van der Waals surface area (Å²) in [6.07, 6.45) is 2.48. The first-order valence-corrected chi connectivity index (χ1v) is 16.6. The maximum Gasteiger partial charge on any atom is 0.311 e. The molecule has 1 amide bonds. The maximum atomic E-state index is 13.1. The number of halogens is 1. The molecule has 0 aliphatic carbocycles. The van der Waals surface area contributed by atoms with Gasteiger partial charge in [-0.1, -0.05) is 58.4 Å². The van der Waals surface area contributed by atoms with E-state index in [0.717, 1.165) is 52.2 Å².